The SMILES string of the molecule is NC(=[NH2+])NC(N)=O.NC(=[NH2+])NC(N)=O.NC(=[NH2+])NC(N)=O.NC(=[NH2+])NC(N)=O.O=[As]([O-])([O-])O.O=[As]([O-])([O-])O.O=[As]([O-])([O-])O.O=[As]([O-])([O-])O.O=[As]([O-])([O-])O.O=[As]([O-])([O-])O.[O-2].[O-2].[O-2].[O-2].[O-2].[O-2].[V].[V].[V].[V]. The molecule has 8 amide bonds. The first-order chi connectivity index (χ1) is 24.5. The second-order valence-corrected chi connectivity index (χ2v) is 18.4. The Morgan fingerprint density at radius 3 is 0.338 bits per heavy atom. The van der Waals surface area contributed by atoms with E-state index in [1.165, 1.54) is 0 Å². The number of nitrogens with two attached hydrogens (primary N) is 12. The molecular formula is C8H34As6N16O34V4-20. The van der Waals surface area contributed by atoms with Crippen molar-refractivity contribution in [2.45, 2.75) is 0 Å². The summed E-state index contributed by atoms with van der Waals surface area (Å²) in [7, 11) is 0. The van der Waals surface area contributed by atoms with Gasteiger partial charge in [0, 0.05) is 74.2 Å². The number of amides is 8. The van der Waals surface area contributed by atoms with Crippen molar-refractivity contribution in [1.29, 1.82) is 0 Å². The number of guanidine groups is 4. The molecule has 0 bridgehead atoms. The number of rotatable bonds is 0. The van der Waals surface area contributed by atoms with Crippen LogP contribution in [0.15, 0.2) is 0 Å². The Kier molecular flexibility index (Phi) is 135. The summed E-state index contributed by atoms with van der Waals surface area (Å²) < 4.78 is 199. The molecule has 4 radical (unpaired) electrons. The normalized spacial score (nSPS) is 8.26. The standard InChI is InChI=1S/4C2H6N4O.6AsH3O4.6O.4V/c4*3-1(4)6-2(5)7;6*2-1(3,4)5;;;;;;;;;;/h4*(H6,3,4,5,6,7);6*(H3,2,3,4,5);;;;;;;;;;/q;;;;;;;;;;6*-2;;;;/p-8. The maximum atomic E-state index is 9.74. The molecular weight excluding hydrogens is 1520 g/mol. The van der Waals surface area contributed by atoms with E-state index in [0.29, 0.717) is 0 Å². The van der Waals surface area contributed by atoms with Crippen LogP contribution in [0.2, 0.25) is 0 Å². The minimum absolute atomic E-state index is 0. The molecule has 0 aliphatic rings. The van der Waals surface area contributed by atoms with Crippen LogP contribution in [0, 0.1) is 0 Å². The van der Waals surface area contributed by atoms with Gasteiger partial charge in [-0.15, -0.1) is 0 Å². The largest absolute Gasteiger partial charge is 2.00 e. The molecule has 0 aliphatic carbocycles. The molecule has 420 valence electrons. The molecule has 0 heterocycles. The van der Waals surface area contributed by atoms with Crippen LogP contribution in [0.3, 0.4) is 0 Å². The van der Waals surface area contributed by atoms with E-state index in [2.05, 4.69) is 22.9 Å². The van der Waals surface area contributed by atoms with Gasteiger partial charge in [0.1, 0.15) is 0 Å². The minimum Gasteiger partial charge on any atom is -2.00 e. The summed E-state index contributed by atoms with van der Waals surface area (Å²) >= 11 is -33.8. The number of carbonyl (C=O) groups excluding carboxylic acids is 4. The molecule has 0 aliphatic heterocycles. The fourth-order valence-electron chi connectivity index (χ4n) is 0.569. The monoisotopic (exact) mass is 1550 g/mol. The van der Waals surface area contributed by atoms with Gasteiger partial charge in [0.15, 0.2) is 0 Å². The predicted octanol–water partition coefficient (Wildman–Crippen LogP) is -34.4. The molecule has 0 aromatic heterocycles. The average molecular weight is 1550 g/mol. The molecule has 0 unspecified atom stereocenters. The second kappa shape index (κ2) is 69.7. The summed E-state index contributed by atoms with van der Waals surface area (Å²) in [6, 6.07) is -3.00. The zero-order valence-electron chi connectivity index (χ0n) is 31.5. The molecule has 50 nitrogen and oxygen atoms in total. The molecule has 0 rings (SSSR count). The van der Waals surface area contributed by atoms with Crippen LogP contribution in [-0.4, -0.2) is 160 Å². The van der Waals surface area contributed by atoms with Gasteiger partial charge in [-0.2, -0.15) is 21.3 Å². The van der Waals surface area contributed by atoms with Crippen molar-refractivity contribution in [3.63, 3.8) is 0 Å². The summed E-state index contributed by atoms with van der Waals surface area (Å²) in [5.74, 6) is -0.750. The van der Waals surface area contributed by atoms with Crippen molar-refractivity contribution >= 4 is 135 Å². The molecule has 34 N–H and O–H groups in total. The quantitative estimate of drug-likeness (QED) is 0.0608. The van der Waals surface area contributed by atoms with Gasteiger partial charge in [-0.25, -0.2) is 19.2 Å². The molecule has 0 aromatic rings. The first kappa shape index (κ1) is 132. The van der Waals surface area contributed by atoms with Gasteiger partial charge in [0.2, 0.25) is 0 Å². The number of carbonyl (C=O) groups is 4. The molecule has 0 fully saturated rings. The van der Waals surface area contributed by atoms with Crippen molar-refractivity contribution in [2.75, 3.05) is 0 Å². The number of hydrogen-bond donors (Lipinski definition) is 22. The van der Waals surface area contributed by atoms with Crippen molar-refractivity contribution < 1.29 is 244 Å². The molecule has 60 heteroatoms. The molecule has 0 atom stereocenters. The van der Waals surface area contributed by atoms with Crippen molar-refractivity contribution in [1.82, 2.24) is 21.3 Å². The van der Waals surface area contributed by atoms with E-state index in [4.69, 9.17) is 141 Å². The van der Waals surface area contributed by atoms with Crippen molar-refractivity contribution in [2.24, 2.45) is 45.9 Å². The second-order valence-electron chi connectivity index (χ2n) is 6.59. The van der Waals surface area contributed by atoms with Crippen LogP contribution in [-0.2, 0) is 130 Å². The smallest absolute Gasteiger partial charge is 0 e. The van der Waals surface area contributed by atoms with E-state index in [0.717, 1.165) is 0 Å². The third-order valence-corrected chi connectivity index (χ3v) is 1.07. The Morgan fingerprint density at radius 2 is 0.338 bits per heavy atom. The van der Waals surface area contributed by atoms with E-state index in [-0.39, 0.29) is 131 Å². The Bertz CT molecular complexity index is 1190. The maximum Gasteiger partial charge on any atom is 0 e. The van der Waals surface area contributed by atoms with Crippen LogP contribution >= 0.6 is 0 Å². The fraction of sp³-hybridized carbons (Fsp3) is 0. The van der Waals surface area contributed by atoms with Gasteiger partial charge < -0.3 is 55.8 Å². The maximum absolute atomic E-state index is 9.74. The van der Waals surface area contributed by atoms with Crippen LogP contribution in [0.4, 0.5) is 19.2 Å². The van der Waals surface area contributed by atoms with Gasteiger partial charge in [0.05, 0.1) is 0 Å². The number of nitrogens with one attached hydrogen (secondary N) is 4. The number of hydrogen-bond acceptors (Lipinski definition) is 22. The Morgan fingerprint density at radius 1 is 0.294 bits per heavy atom. The summed E-state index contributed by atoms with van der Waals surface area (Å²) in [5.41, 5.74) is 37.4. The first-order valence-corrected chi connectivity index (χ1v) is 29.6. The van der Waals surface area contributed by atoms with Gasteiger partial charge in [-0.05, 0) is 0 Å². The Balaban J connectivity index is -0.0000000207. The van der Waals surface area contributed by atoms with E-state index < -0.39 is 111 Å². The van der Waals surface area contributed by atoms with Crippen LogP contribution < -0.4 is 138 Å². The molecule has 0 saturated heterocycles. The minimum atomic E-state index is -5.62. The van der Waals surface area contributed by atoms with E-state index in [9.17, 15) is 19.2 Å². The third kappa shape index (κ3) is 1240. The van der Waals surface area contributed by atoms with Crippen LogP contribution in [0.1, 0.15) is 0 Å². The summed E-state index contributed by atoms with van der Waals surface area (Å²) in [4.78, 5) is 39.0. The van der Waals surface area contributed by atoms with Gasteiger partial charge in [-0.1, -0.05) is 0 Å². The number of primary amides is 4. The molecule has 0 spiro atoms. The molecule has 0 saturated carbocycles. The van der Waals surface area contributed by atoms with Gasteiger partial charge >= 0.3 is 231 Å². The molecule has 68 heavy (non-hydrogen) atoms. The van der Waals surface area contributed by atoms with Crippen LogP contribution in [0.25, 0.3) is 0 Å². The van der Waals surface area contributed by atoms with Crippen molar-refractivity contribution in [3.05, 3.63) is 0 Å². The molecule has 0 aromatic carbocycles. The summed E-state index contributed by atoms with van der Waals surface area (Å²) in [6.07, 6.45) is 0. The van der Waals surface area contributed by atoms with E-state index in [1.807, 2.05) is 21.3 Å². The number of urea groups is 4. The summed E-state index contributed by atoms with van der Waals surface area (Å²) in [5, 5.41) is 26.8. The van der Waals surface area contributed by atoms with Gasteiger partial charge in [0.25, 0.3) is 0 Å². The first-order valence-electron chi connectivity index (χ1n) is 10.8. The fourth-order valence-corrected chi connectivity index (χ4v) is 0.569. The van der Waals surface area contributed by atoms with E-state index in [1.54, 1.807) is 0 Å². The zero-order valence-corrected chi connectivity index (χ0v) is 48.4. The van der Waals surface area contributed by atoms with Gasteiger partial charge in [-0.3, -0.25) is 44.6 Å². The summed E-state index contributed by atoms with van der Waals surface area (Å²) in [6.45, 7) is 0. The predicted molar refractivity (Wildman–Crippen MR) is 151 cm³/mol. The topological polar surface area (TPSA) is 1100 Å². The average Bonchev–Trinajstić information content (AvgIpc) is 2.69. The Hall–Kier alpha value is -1.51. The zero-order chi connectivity index (χ0) is 50.4. The van der Waals surface area contributed by atoms with Crippen LogP contribution in [0.5, 0.6) is 0 Å². The third-order valence-electron chi connectivity index (χ3n) is 1.07. The Labute approximate surface area is 442 Å². The van der Waals surface area contributed by atoms with Crippen molar-refractivity contribution in [3.8, 4) is 0 Å². The van der Waals surface area contributed by atoms with E-state index >= 15 is 0 Å².